The summed E-state index contributed by atoms with van der Waals surface area (Å²) in [4.78, 5) is 49.3. The number of nitrogens with one attached hydrogen (secondary N) is 4. The Kier molecular flexibility index (Phi) is 14.3. The number of carbonyl (C=O) groups excluding carboxylic acids is 3. The van der Waals surface area contributed by atoms with E-state index in [9.17, 15) is 36.0 Å². The second-order valence-corrected chi connectivity index (χ2v) is 13.2. The van der Waals surface area contributed by atoms with Gasteiger partial charge in [-0.05, 0) is 57.3 Å². The average molecular weight is 754 g/mol. The van der Waals surface area contributed by atoms with Gasteiger partial charge in [0.2, 0.25) is 15.9 Å². The summed E-state index contributed by atoms with van der Waals surface area (Å²) in [5, 5.41) is 21.9. The summed E-state index contributed by atoms with van der Waals surface area (Å²) in [6, 6.07) is 10.7. The molecule has 0 radical (unpaired) electrons. The van der Waals surface area contributed by atoms with Crippen LogP contribution in [0.1, 0.15) is 33.7 Å². The van der Waals surface area contributed by atoms with Crippen LogP contribution in [0.25, 0.3) is 0 Å². The van der Waals surface area contributed by atoms with Crippen molar-refractivity contribution in [3.05, 3.63) is 72.1 Å². The molecule has 0 spiro atoms. The molecule has 1 saturated heterocycles. The van der Waals surface area contributed by atoms with E-state index in [0.717, 1.165) is 0 Å². The third-order valence-electron chi connectivity index (χ3n) is 7.28. The van der Waals surface area contributed by atoms with Gasteiger partial charge in [0.1, 0.15) is 22.8 Å². The number of carbonyl (C=O) groups is 4. The minimum atomic E-state index is -5.08. The molecule has 3 aromatic rings. The van der Waals surface area contributed by atoms with E-state index in [1.807, 2.05) is 19.0 Å². The van der Waals surface area contributed by atoms with Crippen molar-refractivity contribution in [2.75, 3.05) is 58.6 Å². The minimum absolute atomic E-state index is 0.0442. The number of carboxylic acids is 1. The molecule has 20 heteroatoms. The van der Waals surface area contributed by atoms with E-state index in [4.69, 9.17) is 19.4 Å². The average Bonchev–Trinajstić information content (AvgIpc) is 3.56. The first-order chi connectivity index (χ1) is 24.5. The fourth-order valence-corrected chi connectivity index (χ4v) is 6.27. The summed E-state index contributed by atoms with van der Waals surface area (Å²) in [6.45, 7) is 0.950. The highest BCUT2D eigenvalue weighted by Gasteiger charge is 2.38. The Bertz CT molecular complexity index is 1850. The summed E-state index contributed by atoms with van der Waals surface area (Å²) in [6.07, 6.45) is 0.0821. The number of benzene rings is 2. The first-order valence-electron chi connectivity index (χ1n) is 15.4. The van der Waals surface area contributed by atoms with Crippen molar-refractivity contribution >= 4 is 45.1 Å². The van der Waals surface area contributed by atoms with Crippen molar-refractivity contribution in [2.24, 2.45) is 0 Å². The van der Waals surface area contributed by atoms with Gasteiger partial charge in [0.25, 0.3) is 11.8 Å². The lowest BCUT2D eigenvalue weighted by Crippen LogP contribution is -2.46. The number of aliphatic carboxylic acids is 1. The molecular weight excluding hydrogens is 715 g/mol. The number of likely N-dealkylation sites (N-methyl/N-ethyl adjacent to an activating group) is 1. The van der Waals surface area contributed by atoms with Crippen molar-refractivity contribution in [3.63, 3.8) is 0 Å². The fourth-order valence-electron chi connectivity index (χ4n) is 4.75. The van der Waals surface area contributed by atoms with E-state index in [-0.39, 0.29) is 46.9 Å². The number of hydrogen-bond acceptors (Lipinski definition) is 10. The monoisotopic (exact) mass is 753 g/mol. The number of carboxylic acid groups (broad SMARTS) is 1. The van der Waals surface area contributed by atoms with Gasteiger partial charge < -0.3 is 35.4 Å². The van der Waals surface area contributed by atoms with Crippen molar-refractivity contribution in [1.82, 2.24) is 24.7 Å². The molecular formula is C32H38F3N7O9S. The predicted octanol–water partition coefficient (Wildman–Crippen LogP) is 2.95. The number of anilines is 2. The summed E-state index contributed by atoms with van der Waals surface area (Å²) in [7, 11) is 2.79. The number of aromatic nitrogens is 2. The smallest absolute Gasteiger partial charge is 0.490 e. The number of methoxy groups -OCH3 is 2. The molecule has 1 aliphatic heterocycles. The maximum Gasteiger partial charge on any atom is 0.490 e. The molecule has 1 aliphatic rings. The van der Waals surface area contributed by atoms with Crippen LogP contribution in [0.4, 0.5) is 24.5 Å². The van der Waals surface area contributed by atoms with Crippen LogP contribution < -0.4 is 25.4 Å². The van der Waals surface area contributed by atoms with Crippen molar-refractivity contribution in [2.45, 2.75) is 30.0 Å². The topological polar surface area (TPSA) is 212 Å². The van der Waals surface area contributed by atoms with Crippen LogP contribution in [-0.4, -0.2) is 117 Å². The molecule has 52 heavy (non-hydrogen) atoms. The van der Waals surface area contributed by atoms with Crippen molar-refractivity contribution in [3.8, 4) is 11.5 Å². The van der Waals surface area contributed by atoms with E-state index >= 15 is 0 Å². The summed E-state index contributed by atoms with van der Waals surface area (Å²) in [5.74, 6) is -3.57. The molecule has 1 aromatic heterocycles. The molecule has 2 heterocycles. The van der Waals surface area contributed by atoms with Crippen LogP contribution in [0.3, 0.4) is 0 Å². The Hall–Kier alpha value is -5.47. The summed E-state index contributed by atoms with van der Waals surface area (Å²) < 4.78 is 70.4. The highest BCUT2D eigenvalue weighted by atomic mass is 32.2. The first-order valence-corrected chi connectivity index (χ1v) is 16.8. The summed E-state index contributed by atoms with van der Waals surface area (Å²) in [5.41, 5.74) is 0.728. The molecule has 0 unspecified atom stereocenters. The third kappa shape index (κ3) is 11.3. The SMILES string of the molecule is COc1cccc(OC)c1C(=O)Nc1cn[nH]c1C(=O)NC1CCN(S(=O)(=O)c2cccc(NC(=O)/C=C/CN(C)C)c2)CC1.O=C(O)C(F)(F)F. The van der Waals surface area contributed by atoms with Crippen LogP contribution in [0.15, 0.2) is 65.7 Å². The van der Waals surface area contributed by atoms with E-state index in [1.165, 1.54) is 42.9 Å². The van der Waals surface area contributed by atoms with Crippen molar-refractivity contribution in [1.29, 1.82) is 0 Å². The Labute approximate surface area is 297 Å². The van der Waals surface area contributed by atoms with Gasteiger partial charge in [-0.2, -0.15) is 22.6 Å². The zero-order valence-corrected chi connectivity index (χ0v) is 29.3. The van der Waals surface area contributed by atoms with Gasteiger partial charge >= 0.3 is 12.1 Å². The number of piperidine rings is 1. The molecule has 2 aromatic carbocycles. The highest BCUT2D eigenvalue weighted by molar-refractivity contribution is 7.89. The lowest BCUT2D eigenvalue weighted by atomic mass is 10.1. The Balaban J connectivity index is 0.000000944. The fraction of sp³-hybridized carbons (Fsp3) is 0.344. The number of hydrogen-bond donors (Lipinski definition) is 5. The molecule has 1 fully saturated rings. The normalized spacial score (nSPS) is 13.9. The lowest BCUT2D eigenvalue weighted by Gasteiger charge is -2.31. The number of ether oxygens (including phenoxy) is 2. The van der Waals surface area contributed by atoms with Crippen LogP contribution in [0.5, 0.6) is 11.5 Å². The lowest BCUT2D eigenvalue weighted by molar-refractivity contribution is -0.192. The second-order valence-electron chi connectivity index (χ2n) is 11.3. The zero-order valence-electron chi connectivity index (χ0n) is 28.5. The Morgan fingerprint density at radius 1 is 1.02 bits per heavy atom. The molecule has 0 aliphatic carbocycles. The number of alkyl halides is 3. The van der Waals surface area contributed by atoms with Gasteiger partial charge in [0, 0.05) is 37.4 Å². The molecule has 282 valence electrons. The molecule has 0 bridgehead atoms. The zero-order chi connectivity index (χ0) is 38.6. The molecule has 3 amide bonds. The molecule has 0 saturated carbocycles. The van der Waals surface area contributed by atoms with Gasteiger partial charge in [-0.25, -0.2) is 13.2 Å². The number of amides is 3. The van der Waals surface area contributed by atoms with Gasteiger partial charge in [0.05, 0.1) is 31.0 Å². The molecule has 5 N–H and O–H groups in total. The van der Waals surface area contributed by atoms with Gasteiger partial charge in [-0.3, -0.25) is 19.5 Å². The highest BCUT2D eigenvalue weighted by Crippen LogP contribution is 2.30. The maximum absolute atomic E-state index is 13.4. The van der Waals surface area contributed by atoms with Crippen LogP contribution in [0.2, 0.25) is 0 Å². The number of aromatic amines is 1. The van der Waals surface area contributed by atoms with Crippen LogP contribution >= 0.6 is 0 Å². The van der Waals surface area contributed by atoms with E-state index in [2.05, 4.69) is 26.1 Å². The largest absolute Gasteiger partial charge is 0.496 e. The number of H-pyrrole nitrogens is 1. The molecule has 16 nitrogen and oxygen atoms in total. The third-order valence-corrected chi connectivity index (χ3v) is 9.17. The Morgan fingerprint density at radius 2 is 1.62 bits per heavy atom. The number of rotatable bonds is 12. The summed E-state index contributed by atoms with van der Waals surface area (Å²) >= 11 is 0. The van der Waals surface area contributed by atoms with Crippen LogP contribution in [0, 0.1) is 0 Å². The van der Waals surface area contributed by atoms with E-state index < -0.39 is 34.0 Å². The van der Waals surface area contributed by atoms with E-state index in [0.29, 0.717) is 36.6 Å². The quantitative estimate of drug-likeness (QED) is 0.170. The standard InChI is InChI=1S/C30H37N7O7S.C2HF3O2/c1-36(2)15-7-12-26(38)32-21-8-5-9-22(18-21)45(41,42)37-16-13-20(14-17-37)33-30(40)28-23(19-31-35-28)34-29(39)27-24(43-3)10-6-11-25(27)44-4;3-2(4,5)1(6)7/h5-12,18-20H,13-17H2,1-4H3,(H,31,35)(H,32,38)(H,33,40)(H,34,39);(H,6,7)/b12-7+;. The van der Waals surface area contributed by atoms with E-state index in [1.54, 1.807) is 36.4 Å². The van der Waals surface area contributed by atoms with Gasteiger partial charge in [0.15, 0.2) is 0 Å². The first kappa shape index (κ1) is 41.0. The molecule has 4 rings (SSSR count). The molecule has 0 atom stereocenters. The maximum atomic E-state index is 13.4. The predicted molar refractivity (Wildman–Crippen MR) is 182 cm³/mol. The van der Waals surface area contributed by atoms with Crippen LogP contribution in [-0.2, 0) is 19.6 Å². The second kappa shape index (κ2) is 18.1. The van der Waals surface area contributed by atoms with Gasteiger partial charge in [-0.15, -0.1) is 0 Å². The number of nitrogens with zero attached hydrogens (tertiary/aromatic N) is 3. The number of halogens is 3. The minimum Gasteiger partial charge on any atom is -0.496 e. The van der Waals surface area contributed by atoms with Crippen molar-refractivity contribution < 1.29 is 55.3 Å². The van der Waals surface area contributed by atoms with Gasteiger partial charge in [-0.1, -0.05) is 18.2 Å². The Morgan fingerprint density at radius 3 is 2.17 bits per heavy atom. The number of sulfonamides is 1.